The Labute approximate surface area is 189 Å². The van der Waals surface area contributed by atoms with E-state index in [2.05, 4.69) is 26.0 Å². The van der Waals surface area contributed by atoms with Crippen LogP contribution in [0.5, 0.6) is 0 Å². The number of carbonyl (C=O) groups excluding carboxylic acids is 1. The van der Waals surface area contributed by atoms with Crippen molar-refractivity contribution in [2.45, 2.75) is 13.8 Å². The summed E-state index contributed by atoms with van der Waals surface area (Å²) in [6, 6.07) is 21.3. The lowest BCUT2D eigenvalue weighted by molar-refractivity contribution is -0.113. The summed E-state index contributed by atoms with van der Waals surface area (Å²) in [5.74, 6) is 0.350. The summed E-state index contributed by atoms with van der Waals surface area (Å²) >= 11 is 7.80. The average molecular weight is 444 g/mol. The van der Waals surface area contributed by atoms with Crippen molar-refractivity contribution in [3.8, 4) is 0 Å². The van der Waals surface area contributed by atoms with Gasteiger partial charge < -0.3 is 0 Å². The minimum absolute atomic E-state index is 0.216. The van der Waals surface area contributed by atoms with E-state index in [1.165, 1.54) is 22.5 Å². The molecule has 0 bridgehead atoms. The van der Waals surface area contributed by atoms with Gasteiger partial charge in [-0.15, -0.1) is 0 Å². The summed E-state index contributed by atoms with van der Waals surface area (Å²) < 4.78 is 1.04. The van der Waals surface area contributed by atoms with Gasteiger partial charge in [0.25, 0.3) is 5.91 Å². The molecular weight excluding hydrogens is 426 g/mol. The van der Waals surface area contributed by atoms with Crippen LogP contribution in [0.2, 0.25) is 5.02 Å². The molecular formula is C25H18ClN3OS. The number of carbonyl (C=O) groups is 1. The Morgan fingerprint density at radius 3 is 2.45 bits per heavy atom. The van der Waals surface area contributed by atoms with Crippen LogP contribution in [0.4, 0.5) is 5.13 Å². The van der Waals surface area contributed by atoms with E-state index in [1.54, 1.807) is 17.0 Å². The molecule has 152 valence electrons. The van der Waals surface area contributed by atoms with Crippen molar-refractivity contribution in [2.75, 3.05) is 4.90 Å². The van der Waals surface area contributed by atoms with Gasteiger partial charge in [0.2, 0.25) is 0 Å². The first kappa shape index (κ1) is 19.7. The number of hydrogen-bond acceptors (Lipinski definition) is 4. The second-order valence-corrected chi connectivity index (χ2v) is 8.81. The number of nitrogens with zero attached hydrogens (tertiary/aromatic N) is 3. The van der Waals surface area contributed by atoms with Crippen LogP contribution in [0, 0.1) is 13.8 Å². The first-order chi connectivity index (χ1) is 15.0. The molecule has 0 unspecified atom stereocenters. The van der Waals surface area contributed by atoms with Crippen LogP contribution in [-0.2, 0) is 4.79 Å². The second kappa shape index (κ2) is 7.76. The van der Waals surface area contributed by atoms with Gasteiger partial charge in [0.05, 0.1) is 10.2 Å². The van der Waals surface area contributed by atoms with Gasteiger partial charge in [-0.1, -0.05) is 71.5 Å². The number of aliphatic imine (C=N–C) groups is 1. The molecule has 5 rings (SSSR count). The standard InChI is InChI=1S/C25H18ClN3OS/c1-15-12-20-22(13-16(15)2)31-25(28-20)29-23(17-8-4-3-5-9-17)27-21(24(29)30)14-18-10-6-7-11-19(18)26/h3-14H,1-2H3/b21-14-. The zero-order valence-corrected chi connectivity index (χ0v) is 18.5. The number of hydrogen-bond donors (Lipinski definition) is 0. The maximum Gasteiger partial charge on any atom is 0.284 e. The minimum Gasteiger partial charge on any atom is -0.266 e. The Hall–Kier alpha value is -3.28. The molecule has 0 fully saturated rings. The van der Waals surface area contributed by atoms with E-state index in [9.17, 15) is 4.79 Å². The number of benzene rings is 3. The SMILES string of the molecule is Cc1cc2nc(N3C(=O)/C(=C/c4ccccc4Cl)N=C3c3ccccc3)sc2cc1C. The van der Waals surface area contributed by atoms with Gasteiger partial charge in [0, 0.05) is 10.6 Å². The topological polar surface area (TPSA) is 45.6 Å². The second-order valence-electron chi connectivity index (χ2n) is 7.39. The number of aryl methyl sites for hydroxylation is 2. The lowest BCUT2D eigenvalue weighted by atomic mass is 10.1. The fraction of sp³-hybridized carbons (Fsp3) is 0.0800. The fourth-order valence-electron chi connectivity index (χ4n) is 3.48. The molecule has 0 atom stereocenters. The number of amidine groups is 1. The van der Waals surface area contributed by atoms with Crippen molar-refractivity contribution < 1.29 is 4.79 Å². The van der Waals surface area contributed by atoms with Crippen molar-refractivity contribution in [2.24, 2.45) is 4.99 Å². The summed E-state index contributed by atoms with van der Waals surface area (Å²) in [6.07, 6.45) is 1.73. The van der Waals surface area contributed by atoms with E-state index >= 15 is 0 Å². The highest BCUT2D eigenvalue weighted by molar-refractivity contribution is 7.22. The number of thiazole rings is 1. The lowest BCUT2D eigenvalue weighted by Crippen LogP contribution is -2.32. The van der Waals surface area contributed by atoms with Gasteiger partial charge >= 0.3 is 0 Å². The zero-order chi connectivity index (χ0) is 21.5. The molecule has 1 aliphatic heterocycles. The van der Waals surface area contributed by atoms with Gasteiger partial charge in [0.1, 0.15) is 11.5 Å². The van der Waals surface area contributed by atoms with Crippen molar-refractivity contribution in [3.63, 3.8) is 0 Å². The maximum atomic E-state index is 13.5. The van der Waals surface area contributed by atoms with E-state index in [4.69, 9.17) is 21.6 Å². The predicted molar refractivity (Wildman–Crippen MR) is 129 cm³/mol. The van der Waals surface area contributed by atoms with Crippen molar-refractivity contribution >= 4 is 56.1 Å². The highest BCUT2D eigenvalue weighted by Gasteiger charge is 2.34. The molecule has 2 heterocycles. The Bertz CT molecular complexity index is 1350. The third-order valence-electron chi connectivity index (χ3n) is 5.27. The highest BCUT2D eigenvalue weighted by Crippen LogP contribution is 2.35. The number of aromatic nitrogens is 1. The Morgan fingerprint density at radius 2 is 1.68 bits per heavy atom. The van der Waals surface area contributed by atoms with Crippen LogP contribution in [0.25, 0.3) is 16.3 Å². The Morgan fingerprint density at radius 1 is 0.968 bits per heavy atom. The number of halogens is 1. The van der Waals surface area contributed by atoms with Gasteiger partial charge in [-0.3, -0.25) is 4.79 Å². The van der Waals surface area contributed by atoms with Crippen LogP contribution in [0.15, 0.2) is 77.4 Å². The molecule has 6 heteroatoms. The third kappa shape index (κ3) is 3.56. The average Bonchev–Trinajstić information content (AvgIpc) is 3.31. The van der Waals surface area contributed by atoms with Gasteiger partial charge in [-0.05, 0) is 54.8 Å². The van der Waals surface area contributed by atoms with Gasteiger partial charge in [-0.25, -0.2) is 14.9 Å². The monoisotopic (exact) mass is 443 g/mol. The third-order valence-corrected chi connectivity index (χ3v) is 6.62. The van der Waals surface area contributed by atoms with E-state index in [0.29, 0.717) is 21.7 Å². The first-order valence-corrected chi connectivity index (χ1v) is 11.0. The number of amides is 1. The van der Waals surface area contributed by atoms with E-state index in [1.807, 2.05) is 48.5 Å². The summed E-state index contributed by atoms with van der Waals surface area (Å²) in [5, 5.41) is 1.18. The van der Waals surface area contributed by atoms with Gasteiger partial charge in [0.15, 0.2) is 5.13 Å². The van der Waals surface area contributed by atoms with Crippen LogP contribution in [-0.4, -0.2) is 16.7 Å². The van der Waals surface area contributed by atoms with Crippen molar-refractivity contribution in [3.05, 3.63) is 99.7 Å². The van der Waals surface area contributed by atoms with Crippen molar-refractivity contribution in [1.29, 1.82) is 0 Å². The lowest BCUT2D eigenvalue weighted by Gasteiger charge is -2.14. The fourth-order valence-corrected chi connectivity index (χ4v) is 4.71. The largest absolute Gasteiger partial charge is 0.284 e. The summed E-state index contributed by atoms with van der Waals surface area (Å²) in [6.45, 7) is 4.15. The minimum atomic E-state index is -0.216. The molecule has 4 nitrogen and oxygen atoms in total. The Balaban J connectivity index is 1.66. The molecule has 1 aromatic heterocycles. The van der Waals surface area contributed by atoms with E-state index in [-0.39, 0.29) is 5.91 Å². The molecule has 0 spiro atoms. The first-order valence-electron chi connectivity index (χ1n) is 9.84. The summed E-state index contributed by atoms with van der Waals surface area (Å²) in [5.41, 5.74) is 5.19. The molecule has 0 N–H and O–H groups in total. The van der Waals surface area contributed by atoms with Gasteiger partial charge in [-0.2, -0.15) is 0 Å². The zero-order valence-electron chi connectivity index (χ0n) is 17.0. The molecule has 31 heavy (non-hydrogen) atoms. The van der Waals surface area contributed by atoms with E-state index in [0.717, 1.165) is 21.3 Å². The molecule has 0 radical (unpaired) electrons. The molecule has 3 aromatic carbocycles. The predicted octanol–water partition coefficient (Wildman–Crippen LogP) is 6.40. The molecule has 1 amide bonds. The molecule has 4 aromatic rings. The molecule has 1 aliphatic rings. The summed E-state index contributed by atoms with van der Waals surface area (Å²) in [4.78, 5) is 24.6. The molecule has 0 aliphatic carbocycles. The van der Waals surface area contributed by atoms with Crippen molar-refractivity contribution in [1.82, 2.24) is 4.98 Å². The molecule has 0 saturated carbocycles. The summed E-state index contributed by atoms with van der Waals surface area (Å²) in [7, 11) is 0. The highest BCUT2D eigenvalue weighted by atomic mass is 35.5. The maximum absolute atomic E-state index is 13.5. The quantitative estimate of drug-likeness (QED) is 0.344. The number of fused-ring (bicyclic) bond motifs is 1. The Kier molecular flexibility index (Phi) is 4.93. The van der Waals surface area contributed by atoms with Crippen LogP contribution >= 0.6 is 22.9 Å². The van der Waals surface area contributed by atoms with Crippen LogP contribution in [0.1, 0.15) is 22.3 Å². The van der Waals surface area contributed by atoms with E-state index < -0.39 is 0 Å². The number of rotatable bonds is 3. The molecule has 0 saturated heterocycles. The number of anilines is 1. The van der Waals surface area contributed by atoms with Crippen LogP contribution < -0.4 is 4.90 Å². The van der Waals surface area contributed by atoms with Crippen LogP contribution in [0.3, 0.4) is 0 Å². The normalized spacial score (nSPS) is 15.2. The smallest absolute Gasteiger partial charge is 0.266 e.